The first-order valence-electron chi connectivity index (χ1n) is 14.2. The number of nitrogens with zero attached hydrogens (tertiary/aromatic N) is 5. The minimum atomic E-state index is -1.27. The number of nitrogens with one attached hydrogen (secondary N) is 1. The summed E-state index contributed by atoms with van der Waals surface area (Å²) in [5.74, 6) is -2.65. The average Bonchev–Trinajstić information content (AvgIpc) is 3.75. The van der Waals surface area contributed by atoms with E-state index in [1.165, 1.54) is 4.90 Å². The Morgan fingerprint density at radius 3 is 2.63 bits per heavy atom. The number of nitrogen functional groups attached to an aromatic ring is 1. The Balaban J connectivity index is 1.19. The van der Waals surface area contributed by atoms with Gasteiger partial charge in [-0.05, 0) is 56.6 Å². The fraction of sp³-hybridized carbons (Fsp3) is 0.414. The molecule has 13 nitrogen and oxygen atoms in total. The number of carbonyl (C=O) groups is 4. The summed E-state index contributed by atoms with van der Waals surface area (Å²) in [7, 11) is 1.89. The number of oxime groups is 1. The molecule has 0 unspecified atom stereocenters. The van der Waals surface area contributed by atoms with Crippen LogP contribution in [0.15, 0.2) is 58.0 Å². The molecule has 1 saturated carbocycles. The number of anilines is 2. The van der Waals surface area contributed by atoms with Crippen LogP contribution in [-0.2, 0) is 31.1 Å². The maximum absolute atomic E-state index is 13.3. The van der Waals surface area contributed by atoms with E-state index in [0.717, 1.165) is 42.7 Å². The molecule has 224 valence electrons. The number of allylic oxidation sites excluding steroid dienone is 2. The van der Waals surface area contributed by atoms with Crippen LogP contribution in [0.25, 0.3) is 0 Å². The average molecular weight is 607 g/mol. The SMILES string of the molecule is C[n+]1ccc(N2CC/C(=C\C3=C(C(=O)O)N4C(=O)[C@@H](NC(=O)/C(=N\OC5CCCC5)c5csc(N)n5)[C@H]4CC3)C2=O)cc1. The van der Waals surface area contributed by atoms with E-state index in [-0.39, 0.29) is 34.2 Å². The molecule has 0 aromatic carbocycles. The van der Waals surface area contributed by atoms with Crippen molar-refractivity contribution < 1.29 is 33.7 Å². The fourth-order valence-corrected chi connectivity index (χ4v) is 6.59. The van der Waals surface area contributed by atoms with Gasteiger partial charge in [-0.2, -0.15) is 0 Å². The van der Waals surface area contributed by atoms with Gasteiger partial charge < -0.3 is 25.9 Å². The third kappa shape index (κ3) is 5.49. The van der Waals surface area contributed by atoms with Crippen LogP contribution in [0.2, 0.25) is 0 Å². The van der Waals surface area contributed by atoms with Crippen molar-refractivity contribution in [2.45, 2.75) is 63.1 Å². The predicted octanol–water partition coefficient (Wildman–Crippen LogP) is 1.40. The van der Waals surface area contributed by atoms with Crippen LogP contribution in [-0.4, -0.2) is 69.1 Å². The number of aromatic nitrogens is 2. The molecule has 2 atom stereocenters. The molecule has 3 fully saturated rings. The van der Waals surface area contributed by atoms with Crippen molar-refractivity contribution in [1.29, 1.82) is 0 Å². The van der Waals surface area contributed by atoms with Gasteiger partial charge in [-0.25, -0.2) is 14.3 Å². The van der Waals surface area contributed by atoms with Gasteiger partial charge in [-0.3, -0.25) is 19.3 Å². The van der Waals surface area contributed by atoms with Crippen molar-refractivity contribution in [2.24, 2.45) is 12.2 Å². The van der Waals surface area contributed by atoms with Gasteiger partial charge in [0.05, 0.1) is 11.7 Å². The highest BCUT2D eigenvalue weighted by atomic mass is 32.1. The van der Waals surface area contributed by atoms with Crippen molar-refractivity contribution in [3.05, 3.63) is 58.5 Å². The number of carbonyl (C=O) groups excluding carboxylic acids is 3. The van der Waals surface area contributed by atoms with Crippen molar-refractivity contribution in [1.82, 2.24) is 15.2 Å². The number of carboxylic acids is 1. The number of pyridine rings is 1. The molecule has 0 bridgehead atoms. The summed E-state index contributed by atoms with van der Waals surface area (Å²) in [4.78, 5) is 64.9. The largest absolute Gasteiger partial charge is 0.477 e. The molecule has 2 saturated heterocycles. The zero-order valence-corrected chi connectivity index (χ0v) is 24.4. The lowest BCUT2D eigenvalue weighted by Crippen LogP contribution is -2.72. The van der Waals surface area contributed by atoms with Gasteiger partial charge in [0.2, 0.25) is 0 Å². The molecule has 0 radical (unpaired) electrons. The highest BCUT2D eigenvalue weighted by Gasteiger charge is 2.53. The molecular weight excluding hydrogens is 574 g/mol. The zero-order chi connectivity index (χ0) is 30.2. The Morgan fingerprint density at radius 1 is 1.21 bits per heavy atom. The maximum atomic E-state index is 13.3. The first-order chi connectivity index (χ1) is 20.7. The molecule has 1 aliphatic carbocycles. The fourth-order valence-electron chi connectivity index (χ4n) is 6.04. The number of β-lactam (4-membered cyclic amide) rings is 1. The number of aryl methyl sites for hydroxylation is 1. The van der Waals surface area contributed by atoms with E-state index in [1.54, 1.807) is 16.4 Å². The summed E-state index contributed by atoms with van der Waals surface area (Å²) in [6, 6.07) is 2.21. The van der Waals surface area contributed by atoms with Crippen molar-refractivity contribution in [2.75, 3.05) is 17.2 Å². The van der Waals surface area contributed by atoms with Crippen molar-refractivity contribution in [3.8, 4) is 0 Å². The molecule has 3 aliphatic heterocycles. The van der Waals surface area contributed by atoms with E-state index >= 15 is 0 Å². The Bertz CT molecular complexity index is 1570. The van der Waals surface area contributed by atoms with E-state index in [1.807, 2.05) is 36.1 Å². The van der Waals surface area contributed by atoms with Crippen LogP contribution in [0.3, 0.4) is 0 Å². The van der Waals surface area contributed by atoms with Crippen molar-refractivity contribution >= 4 is 51.6 Å². The van der Waals surface area contributed by atoms with Gasteiger partial charge in [0.15, 0.2) is 23.2 Å². The van der Waals surface area contributed by atoms with Crippen LogP contribution in [0.4, 0.5) is 10.8 Å². The van der Waals surface area contributed by atoms with Crippen LogP contribution >= 0.6 is 11.3 Å². The van der Waals surface area contributed by atoms with Gasteiger partial charge in [0.1, 0.15) is 30.6 Å². The summed E-state index contributed by atoms with van der Waals surface area (Å²) in [5, 5.41) is 18.8. The molecule has 2 aromatic heterocycles. The van der Waals surface area contributed by atoms with Crippen LogP contribution in [0.5, 0.6) is 0 Å². The van der Waals surface area contributed by atoms with E-state index in [0.29, 0.717) is 37.0 Å². The molecule has 4 N–H and O–H groups in total. The molecule has 2 aromatic rings. The molecule has 4 aliphatic rings. The van der Waals surface area contributed by atoms with E-state index in [9.17, 15) is 24.3 Å². The Hall–Kier alpha value is -4.59. The number of hydrogen-bond acceptors (Lipinski definition) is 9. The zero-order valence-electron chi connectivity index (χ0n) is 23.6. The lowest BCUT2D eigenvalue weighted by molar-refractivity contribution is -0.671. The molecule has 6 rings (SSSR count). The minimum absolute atomic E-state index is 0.0854. The molecule has 43 heavy (non-hydrogen) atoms. The first kappa shape index (κ1) is 28.5. The second kappa shape index (κ2) is 11.6. The second-order valence-electron chi connectivity index (χ2n) is 11.1. The highest BCUT2D eigenvalue weighted by Crippen LogP contribution is 2.38. The third-order valence-electron chi connectivity index (χ3n) is 8.28. The second-order valence-corrected chi connectivity index (χ2v) is 12.0. The minimum Gasteiger partial charge on any atom is -0.477 e. The Labute approximate surface area is 251 Å². The Kier molecular flexibility index (Phi) is 7.69. The lowest BCUT2D eigenvalue weighted by atomic mass is 9.82. The summed E-state index contributed by atoms with van der Waals surface area (Å²) in [6.45, 7) is 0.479. The normalized spacial score (nSPS) is 23.6. The summed E-state index contributed by atoms with van der Waals surface area (Å²) < 4.78 is 1.87. The standard InChI is InChI=1S/C29H31N7O6S/c1-34-11-9-18(10-12-34)35-13-8-17(26(35)38)14-16-6-7-21-23(27(39)36(21)24(16)28(40)41)32-25(37)22(20-15-43-29(30)31-20)33-42-19-4-2-3-5-19/h9-12,14-15,19,21,23H,2-8,13H2,1H3,(H3-,30,31,32,37,40,41)/p+1/b17-14+,33-22-/t21-,23+/m1/s1. The maximum Gasteiger partial charge on any atom is 0.352 e. The number of amides is 3. The van der Waals surface area contributed by atoms with E-state index < -0.39 is 29.9 Å². The highest BCUT2D eigenvalue weighted by molar-refractivity contribution is 7.13. The monoisotopic (exact) mass is 606 g/mol. The predicted molar refractivity (Wildman–Crippen MR) is 156 cm³/mol. The number of fused-ring (bicyclic) bond motifs is 1. The molecular formula is C29H32N7O6S+. The summed E-state index contributed by atoms with van der Waals surface area (Å²) in [5.41, 5.74) is 7.43. The number of hydrogen-bond donors (Lipinski definition) is 3. The van der Waals surface area contributed by atoms with Gasteiger partial charge in [0, 0.05) is 29.6 Å². The number of nitrogens with two attached hydrogens (primary N) is 1. The lowest BCUT2D eigenvalue weighted by Gasteiger charge is -2.50. The third-order valence-corrected chi connectivity index (χ3v) is 8.96. The number of aliphatic carboxylic acids is 1. The van der Waals surface area contributed by atoms with Gasteiger partial charge in [-0.1, -0.05) is 5.16 Å². The summed E-state index contributed by atoms with van der Waals surface area (Å²) in [6.07, 6.45) is 10.1. The van der Waals surface area contributed by atoms with Gasteiger partial charge >= 0.3 is 5.97 Å². The molecule has 0 spiro atoms. The number of rotatable bonds is 8. The van der Waals surface area contributed by atoms with E-state index in [4.69, 9.17) is 10.6 Å². The van der Waals surface area contributed by atoms with E-state index in [2.05, 4.69) is 15.5 Å². The smallest absolute Gasteiger partial charge is 0.352 e. The van der Waals surface area contributed by atoms with Crippen LogP contribution in [0.1, 0.15) is 50.6 Å². The topological polar surface area (TPSA) is 171 Å². The van der Waals surface area contributed by atoms with Gasteiger partial charge in [0.25, 0.3) is 17.7 Å². The van der Waals surface area contributed by atoms with Gasteiger partial charge in [-0.15, -0.1) is 11.3 Å². The number of carboxylic acid groups (broad SMARTS) is 1. The Morgan fingerprint density at radius 2 is 1.95 bits per heavy atom. The molecule has 5 heterocycles. The first-order valence-corrected chi connectivity index (χ1v) is 15.1. The quantitative estimate of drug-likeness (QED) is 0.133. The molecule has 14 heteroatoms. The summed E-state index contributed by atoms with van der Waals surface area (Å²) >= 11 is 1.15. The van der Waals surface area contributed by atoms with Crippen LogP contribution in [0, 0.1) is 0 Å². The molecule has 3 amide bonds. The number of thiazole rings is 1. The van der Waals surface area contributed by atoms with Crippen molar-refractivity contribution in [3.63, 3.8) is 0 Å². The van der Waals surface area contributed by atoms with Crippen LogP contribution < -0.4 is 20.5 Å².